The summed E-state index contributed by atoms with van der Waals surface area (Å²) in [6.45, 7) is 10.1. The maximum absolute atomic E-state index is 14.2. The van der Waals surface area contributed by atoms with Crippen LogP contribution in [0.2, 0.25) is 5.02 Å². The number of nitrogens with one attached hydrogen (secondary N) is 1. The van der Waals surface area contributed by atoms with Crippen molar-refractivity contribution in [1.82, 2.24) is 24.6 Å². The number of anilines is 1. The summed E-state index contributed by atoms with van der Waals surface area (Å²) in [6, 6.07) is 11.6. The minimum Gasteiger partial charge on any atom is -0.480 e. The minimum absolute atomic E-state index is 0.0371. The molecule has 0 bridgehead atoms. The van der Waals surface area contributed by atoms with Gasteiger partial charge in [-0.2, -0.15) is 13.5 Å². The lowest BCUT2D eigenvalue weighted by atomic mass is 10.0. The molecular weight excluding hydrogens is 1070 g/mol. The molecule has 396 valence electrons. The lowest BCUT2D eigenvalue weighted by Gasteiger charge is -2.29. The number of amides is 2. The summed E-state index contributed by atoms with van der Waals surface area (Å²) >= 11 is 28.8. The molecule has 1 fully saturated rings. The molecule has 0 aliphatic carbocycles. The molecular formula is C43H55Cl5F3N6O13P. The van der Waals surface area contributed by atoms with Crippen molar-refractivity contribution in [3.8, 4) is 5.69 Å². The molecule has 28 heteroatoms. The number of nitrogens with zero attached hydrogens (tertiary/aromatic N) is 5. The smallest absolute Gasteiger partial charge is 0.355 e. The maximum atomic E-state index is 14.2. The highest BCUT2D eigenvalue weighted by Gasteiger charge is 2.45. The molecule has 4 aromatic rings. The van der Waals surface area contributed by atoms with E-state index in [0.29, 0.717) is 23.6 Å². The molecule has 2 aromatic heterocycles. The Labute approximate surface area is 432 Å². The van der Waals surface area contributed by atoms with Gasteiger partial charge in [0.15, 0.2) is 10.7 Å². The predicted octanol–water partition coefficient (Wildman–Crippen LogP) is 7.88. The Morgan fingerprint density at radius 3 is 2.21 bits per heavy atom. The zero-order valence-corrected chi connectivity index (χ0v) is 44.1. The van der Waals surface area contributed by atoms with Crippen LogP contribution in [-0.4, -0.2) is 119 Å². The Kier molecular flexibility index (Phi) is 26.1. The first kappa shape index (κ1) is 62.9. The number of aliphatic carboxylic acids is 1. The number of carbonyl (C=O) groups is 4. The topological polar surface area (TPSA) is 245 Å². The maximum Gasteiger partial charge on any atom is 0.355 e. The Morgan fingerprint density at radius 1 is 1.04 bits per heavy atom. The van der Waals surface area contributed by atoms with E-state index in [-0.39, 0.29) is 70.2 Å². The van der Waals surface area contributed by atoms with Crippen molar-refractivity contribution in [2.75, 3.05) is 50.1 Å². The lowest BCUT2D eigenvalue weighted by Crippen LogP contribution is -2.45. The quantitative estimate of drug-likeness (QED) is 0.0320. The van der Waals surface area contributed by atoms with Crippen molar-refractivity contribution in [1.29, 1.82) is 0 Å². The van der Waals surface area contributed by atoms with Crippen molar-refractivity contribution >= 4 is 95.0 Å². The first-order valence-corrected chi connectivity index (χ1v) is 25.2. The molecule has 4 N–H and O–H groups in total. The fourth-order valence-corrected chi connectivity index (χ4v) is 7.65. The molecule has 2 unspecified atom stereocenters. The van der Waals surface area contributed by atoms with Crippen LogP contribution in [0, 0.1) is 19.7 Å². The number of para-hydroxylation sites is 1. The zero-order chi connectivity index (χ0) is 54.0. The highest BCUT2D eigenvalue weighted by molar-refractivity contribution is 7.51. The molecule has 0 radical (unpaired) electrons. The van der Waals surface area contributed by atoms with Crippen LogP contribution >= 0.6 is 65.6 Å². The molecule has 1 aliphatic heterocycles. The van der Waals surface area contributed by atoms with Gasteiger partial charge in [0.2, 0.25) is 5.91 Å². The molecule has 2 atom stereocenters. The number of halogens is 8. The number of aryl methyl sites for hydroxylation is 3. The molecule has 0 spiro atoms. The normalized spacial score (nSPS) is 14.4. The standard InChI is InChI=1S/C15H14Cl2F3N3O3.C14H20ClNO2.C11H13Cl2NO3.C3H8NO5P/c1-3-26-13(24)10(17)4-8-5-12(11(18)6-9(8)16)23-15(25)22(14(19)20)7(2)21-23;1-4-12-8-6-7-11(3)14(12)16(10-18-5-2)13(17)9-15;1-11(2)14(10(15)9(12)13)6-8(17-11)7-4-3-5-16-7;5-3(6)1-4-2-10(7,8)9/h5-6,10,14H,3-4H2,1-2H3;6-8H,4-5,9-10H2,1-3H3;3-5,8-9H,6H2,1-2H3;4H,1-2H2,(H,5,6)(H2,7,8,9). The fraction of sp³-hybridized carbons (Fsp3) is 0.488. The van der Waals surface area contributed by atoms with Crippen LogP contribution in [0.15, 0.2) is 57.9 Å². The van der Waals surface area contributed by atoms with Crippen molar-refractivity contribution in [3.63, 3.8) is 0 Å². The Balaban J connectivity index is 0.000000341. The summed E-state index contributed by atoms with van der Waals surface area (Å²) in [7, 11) is -4.10. The van der Waals surface area contributed by atoms with Gasteiger partial charge in [-0.15, -0.1) is 28.3 Å². The van der Waals surface area contributed by atoms with E-state index in [1.807, 2.05) is 38.1 Å². The number of carbonyl (C=O) groups excluding carboxylic acids is 3. The minimum atomic E-state index is -4.10. The third-order valence-corrected chi connectivity index (χ3v) is 11.5. The van der Waals surface area contributed by atoms with Gasteiger partial charge in [-0.05, 0) is 88.9 Å². The number of ether oxygens (including phenoxy) is 3. The number of carboxylic acids is 1. The number of furan rings is 1. The number of hydrogen-bond donors (Lipinski definition) is 4. The van der Waals surface area contributed by atoms with Gasteiger partial charge in [-0.1, -0.05) is 59.9 Å². The number of carboxylic acid groups (broad SMARTS) is 1. The van der Waals surface area contributed by atoms with Crippen LogP contribution in [0.1, 0.15) is 75.5 Å². The van der Waals surface area contributed by atoms with Gasteiger partial charge in [-0.25, -0.2) is 13.8 Å². The van der Waals surface area contributed by atoms with E-state index in [1.54, 1.807) is 38.0 Å². The largest absolute Gasteiger partial charge is 0.480 e. The highest BCUT2D eigenvalue weighted by atomic mass is 35.5. The zero-order valence-electron chi connectivity index (χ0n) is 39.4. The second-order valence-electron chi connectivity index (χ2n) is 15.2. The Morgan fingerprint density at radius 2 is 1.70 bits per heavy atom. The fourth-order valence-electron chi connectivity index (χ4n) is 6.41. The van der Waals surface area contributed by atoms with Crippen LogP contribution in [0.5, 0.6) is 0 Å². The number of benzene rings is 2. The van der Waals surface area contributed by atoms with Crippen LogP contribution < -0.4 is 15.9 Å². The molecule has 71 heavy (non-hydrogen) atoms. The average molecular weight is 1130 g/mol. The van der Waals surface area contributed by atoms with Gasteiger partial charge in [0.05, 0.1) is 37.9 Å². The Hall–Kier alpha value is -4.19. The summed E-state index contributed by atoms with van der Waals surface area (Å²) in [5.41, 5.74) is 1.02. The van der Waals surface area contributed by atoms with Gasteiger partial charge >= 0.3 is 31.8 Å². The van der Waals surface area contributed by atoms with Gasteiger partial charge < -0.3 is 38.4 Å². The summed E-state index contributed by atoms with van der Waals surface area (Å²) < 4.78 is 72.0. The molecule has 5 rings (SSSR count). The van der Waals surface area contributed by atoms with E-state index in [1.165, 1.54) is 11.8 Å². The second-order valence-corrected chi connectivity index (χ2v) is 19.1. The summed E-state index contributed by atoms with van der Waals surface area (Å²) in [6.07, 6.45) is 1.45. The number of rotatable bonds is 18. The van der Waals surface area contributed by atoms with E-state index in [4.69, 9.17) is 91.5 Å². The number of hydrogen-bond acceptors (Lipinski definition) is 12. The van der Waals surface area contributed by atoms with Gasteiger partial charge in [0.25, 0.3) is 5.91 Å². The molecule has 2 amide bonds. The highest BCUT2D eigenvalue weighted by Crippen LogP contribution is 2.37. The average Bonchev–Trinajstić information content (AvgIpc) is 4.01. The molecule has 1 saturated heterocycles. The van der Waals surface area contributed by atoms with Crippen LogP contribution in [0.4, 0.5) is 18.9 Å². The van der Waals surface area contributed by atoms with Crippen LogP contribution in [0.25, 0.3) is 5.69 Å². The third kappa shape index (κ3) is 19.3. The molecule has 19 nitrogen and oxygen atoms in total. The number of alkyl halides is 6. The monoisotopic (exact) mass is 1130 g/mol. The van der Waals surface area contributed by atoms with Crippen LogP contribution in [0.3, 0.4) is 0 Å². The lowest BCUT2D eigenvalue weighted by molar-refractivity contribution is -0.144. The van der Waals surface area contributed by atoms with Gasteiger partial charge in [0, 0.05) is 18.1 Å². The van der Waals surface area contributed by atoms with Crippen LogP contribution in [-0.2, 0) is 50.8 Å². The first-order valence-electron chi connectivity index (χ1n) is 21.2. The number of aromatic nitrogens is 3. The summed E-state index contributed by atoms with van der Waals surface area (Å²) in [5.74, 6) is -2.90. The SMILES string of the molecule is CC1(C)OC(c2ccco2)CN1C(=O)C(Cl)Cl.CCOC(=O)C(Cl)Cc1cc(-n2nc(C)n(C(F)F)c2=O)c(F)cc1Cl.CCOCN(C(=O)CCl)c1c(C)cccc1CC.O=C(O)CNCP(=O)(O)O. The number of esters is 1. The van der Waals surface area contributed by atoms with E-state index in [0.717, 1.165) is 35.4 Å². The Bertz CT molecular complexity index is 2500. The van der Waals surface area contributed by atoms with Crippen molar-refractivity contribution in [2.24, 2.45) is 0 Å². The summed E-state index contributed by atoms with van der Waals surface area (Å²) in [5, 5.41) is 12.6. The molecule has 3 heterocycles. The van der Waals surface area contributed by atoms with E-state index in [9.17, 15) is 41.7 Å². The van der Waals surface area contributed by atoms with E-state index >= 15 is 0 Å². The van der Waals surface area contributed by atoms with E-state index < -0.39 is 66.4 Å². The predicted molar refractivity (Wildman–Crippen MR) is 260 cm³/mol. The summed E-state index contributed by atoms with van der Waals surface area (Å²) in [4.78, 5) is 75.7. The van der Waals surface area contributed by atoms with Crippen molar-refractivity contribution in [3.05, 3.63) is 98.3 Å². The first-order chi connectivity index (χ1) is 33.1. The second kappa shape index (κ2) is 29.5. The molecule has 2 aromatic carbocycles. The van der Waals surface area contributed by atoms with Crippen molar-refractivity contribution < 1.29 is 70.4 Å². The van der Waals surface area contributed by atoms with E-state index in [2.05, 4.69) is 17.3 Å². The van der Waals surface area contributed by atoms with Gasteiger partial charge in [0.1, 0.15) is 47.1 Å². The van der Waals surface area contributed by atoms with Gasteiger partial charge in [-0.3, -0.25) is 34.0 Å². The molecule has 0 saturated carbocycles. The third-order valence-electron chi connectivity index (χ3n) is 9.61. The van der Waals surface area contributed by atoms with Crippen molar-refractivity contribution in [2.45, 2.75) is 89.9 Å². The molecule has 1 aliphatic rings.